The molecule has 0 saturated heterocycles. The van der Waals surface area contributed by atoms with E-state index in [2.05, 4.69) is 0 Å². The highest BCUT2D eigenvalue weighted by atomic mass is 16.5. The van der Waals surface area contributed by atoms with Gasteiger partial charge >= 0.3 is 0 Å². The number of benzene rings is 1. The van der Waals surface area contributed by atoms with Gasteiger partial charge in [-0.25, -0.2) is 0 Å². The average molecular weight is 221 g/mol. The molecule has 0 radical (unpaired) electrons. The number of nitrogens with two attached hydrogens (primary N) is 1. The molecule has 2 rings (SSSR count). The van der Waals surface area contributed by atoms with Crippen LogP contribution in [0.3, 0.4) is 0 Å². The van der Waals surface area contributed by atoms with Crippen molar-refractivity contribution in [2.75, 3.05) is 13.7 Å². The van der Waals surface area contributed by atoms with Crippen molar-refractivity contribution in [1.82, 2.24) is 0 Å². The normalized spacial score (nSPS) is 17.2. The van der Waals surface area contributed by atoms with E-state index in [9.17, 15) is 5.11 Å². The highest BCUT2D eigenvalue weighted by Gasteiger charge is 2.45. The Morgan fingerprint density at radius 3 is 2.44 bits per heavy atom. The summed E-state index contributed by atoms with van der Waals surface area (Å²) in [6, 6.07) is 1.94. The molecule has 0 aromatic heterocycles. The van der Waals surface area contributed by atoms with Crippen molar-refractivity contribution < 1.29 is 9.84 Å². The minimum absolute atomic E-state index is 0.00414. The summed E-state index contributed by atoms with van der Waals surface area (Å²) >= 11 is 0. The third-order valence-electron chi connectivity index (χ3n) is 3.85. The number of hydrogen-bond acceptors (Lipinski definition) is 3. The molecular weight excluding hydrogens is 202 g/mol. The van der Waals surface area contributed by atoms with E-state index in [1.54, 1.807) is 7.11 Å². The maximum atomic E-state index is 10.2. The van der Waals surface area contributed by atoms with Gasteiger partial charge in [0.15, 0.2) is 0 Å². The molecule has 3 heteroatoms. The van der Waals surface area contributed by atoms with Crippen molar-refractivity contribution in [3.63, 3.8) is 0 Å². The molecule has 0 aliphatic heterocycles. The van der Waals surface area contributed by atoms with Crippen molar-refractivity contribution in [1.29, 1.82) is 0 Å². The van der Waals surface area contributed by atoms with Crippen LogP contribution in [0.2, 0.25) is 0 Å². The van der Waals surface area contributed by atoms with E-state index in [1.807, 2.05) is 19.9 Å². The second kappa shape index (κ2) is 3.67. The fourth-order valence-electron chi connectivity index (χ4n) is 2.22. The summed E-state index contributed by atoms with van der Waals surface area (Å²) in [5.41, 5.74) is 8.64. The second-order valence-electron chi connectivity index (χ2n) is 4.71. The Hall–Kier alpha value is -1.22. The van der Waals surface area contributed by atoms with Crippen molar-refractivity contribution >= 4 is 0 Å². The van der Waals surface area contributed by atoms with Crippen LogP contribution in [0.25, 0.3) is 0 Å². The van der Waals surface area contributed by atoms with Crippen molar-refractivity contribution in [3.8, 4) is 11.5 Å². The van der Waals surface area contributed by atoms with Gasteiger partial charge in [-0.1, -0.05) is 0 Å². The average Bonchev–Trinajstić information content (AvgIpc) is 3.07. The zero-order valence-electron chi connectivity index (χ0n) is 10.1. The topological polar surface area (TPSA) is 55.5 Å². The number of rotatable bonds is 3. The summed E-state index contributed by atoms with van der Waals surface area (Å²) in [6.45, 7) is 4.47. The van der Waals surface area contributed by atoms with E-state index in [0.29, 0.717) is 12.3 Å². The monoisotopic (exact) mass is 221 g/mol. The van der Waals surface area contributed by atoms with Gasteiger partial charge in [0, 0.05) is 17.5 Å². The van der Waals surface area contributed by atoms with Crippen LogP contribution in [0.4, 0.5) is 0 Å². The van der Waals surface area contributed by atoms with Crippen LogP contribution in [0.1, 0.15) is 29.5 Å². The number of aromatic hydroxyl groups is 1. The molecule has 0 bridgehead atoms. The lowest BCUT2D eigenvalue weighted by Gasteiger charge is -2.19. The third kappa shape index (κ3) is 1.47. The smallest absolute Gasteiger partial charge is 0.122 e. The van der Waals surface area contributed by atoms with Gasteiger partial charge in [0.25, 0.3) is 0 Å². The van der Waals surface area contributed by atoms with Gasteiger partial charge in [0.1, 0.15) is 11.5 Å². The van der Waals surface area contributed by atoms with Gasteiger partial charge in [0.2, 0.25) is 0 Å². The Morgan fingerprint density at radius 1 is 1.38 bits per heavy atom. The lowest BCUT2D eigenvalue weighted by Crippen LogP contribution is -2.20. The predicted molar refractivity (Wildman–Crippen MR) is 64.1 cm³/mol. The summed E-state index contributed by atoms with van der Waals surface area (Å²) in [5.74, 6) is 1.23. The first-order chi connectivity index (χ1) is 7.55. The van der Waals surface area contributed by atoms with Crippen LogP contribution in [0, 0.1) is 13.8 Å². The van der Waals surface area contributed by atoms with Crippen LogP contribution in [0.15, 0.2) is 6.07 Å². The molecule has 1 saturated carbocycles. The Bertz CT molecular complexity index is 422. The van der Waals surface area contributed by atoms with E-state index in [4.69, 9.17) is 10.5 Å². The molecule has 1 aliphatic rings. The van der Waals surface area contributed by atoms with Gasteiger partial charge < -0.3 is 15.6 Å². The maximum Gasteiger partial charge on any atom is 0.122 e. The second-order valence-corrected chi connectivity index (χ2v) is 4.71. The molecule has 0 unspecified atom stereocenters. The standard InChI is InChI=1S/C13H19NO2/c1-8-9(2)12(15)10(6-11(8)16-3)13(7-14)4-5-13/h6,15H,4-5,7,14H2,1-3H3. The van der Waals surface area contributed by atoms with Gasteiger partial charge in [-0.15, -0.1) is 0 Å². The van der Waals surface area contributed by atoms with Crippen molar-refractivity contribution in [2.45, 2.75) is 32.1 Å². The summed E-state index contributed by atoms with van der Waals surface area (Å²) < 4.78 is 5.34. The first-order valence-electron chi connectivity index (χ1n) is 5.63. The molecule has 3 N–H and O–H groups in total. The van der Waals surface area contributed by atoms with E-state index in [-0.39, 0.29) is 5.41 Å². The lowest BCUT2D eigenvalue weighted by atomic mass is 9.91. The molecule has 1 fully saturated rings. The van der Waals surface area contributed by atoms with Crippen LogP contribution in [0.5, 0.6) is 11.5 Å². The van der Waals surface area contributed by atoms with Crippen LogP contribution < -0.4 is 10.5 Å². The Labute approximate surface area is 96.2 Å². The predicted octanol–water partition coefficient (Wildman–Crippen LogP) is 2.01. The molecule has 88 valence electrons. The fourth-order valence-corrected chi connectivity index (χ4v) is 2.22. The largest absolute Gasteiger partial charge is 0.507 e. The van der Waals surface area contributed by atoms with Gasteiger partial charge in [0.05, 0.1) is 7.11 Å². The van der Waals surface area contributed by atoms with E-state index in [0.717, 1.165) is 35.3 Å². The third-order valence-corrected chi connectivity index (χ3v) is 3.85. The summed E-state index contributed by atoms with van der Waals surface area (Å²) in [6.07, 6.45) is 2.12. The molecule has 0 heterocycles. The SMILES string of the molecule is COc1cc(C2(CN)CC2)c(O)c(C)c1C. The summed E-state index contributed by atoms with van der Waals surface area (Å²) in [4.78, 5) is 0. The first kappa shape index (κ1) is 11.3. The summed E-state index contributed by atoms with van der Waals surface area (Å²) in [7, 11) is 1.66. The maximum absolute atomic E-state index is 10.2. The van der Waals surface area contributed by atoms with Crippen molar-refractivity contribution in [2.24, 2.45) is 5.73 Å². The fraction of sp³-hybridized carbons (Fsp3) is 0.538. The first-order valence-corrected chi connectivity index (χ1v) is 5.63. The zero-order chi connectivity index (χ0) is 11.9. The highest BCUT2D eigenvalue weighted by Crippen LogP contribution is 2.52. The molecule has 0 atom stereocenters. The van der Waals surface area contributed by atoms with Crippen molar-refractivity contribution in [3.05, 3.63) is 22.8 Å². The van der Waals surface area contributed by atoms with Crippen LogP contribution in [-0.2, 0) is 5.41 Å². The number of ether oxygens (including phenoxy) is 1. The number of hydrogen-bond donors (Lipinski definition) is 2. The minimum Gasteiger partial charge on any atom is -0.507 e. The molecule has 0 spiro atoms. The highest BCUT2D eigenvalue weighted by molar-refractivity contribution is 5.56. The minimum atomic E-state index is -0.00414. The van der Waals surface area contributed by atoms with Gasteiger partial charge in [-0.05, 0) is 43.9 Å². The zero-order valence-corrected chi connectivity index (χ0v) is 10.1. The molecule has 0 amide bonds. The molecule has 1 aliphatic carbocycles. The molecule has 1 aromatic carbocycles. The van der Waals surface area contributed by atoms with Gasteiger partial charge in [-0.2, -0.15) is 0 Å². The molecule has 1 aromatic rings. The number of phenolic OH excluding ortho intramolecular Hbond substituents is 1. The number of methoxy groups -OCH3 is 1. The lowest BCUT2D eigenvalue weighted by molar-refractivity contribution is 0.404. The molecular formula is C13H19NO2. The Balaban J connectivity index is 2.58. The molecule has 3 nitrogen and oxygen atoms in total. The van der Waals surface area contributed by atoms with E-state index >= 15 is 0 Å². The Morgan fingerprint density at radius 2 is 2.00 bits per heavy atom. The van der Waals surface area contributed by atoms with E-state index < -0.39 is 0 Å². The quantitative estimate of drug-likeness (QED) is 0.821. The molecule has 16 heavy (non-hydrogen) atoms. The summed E-state index contributed by atoms with van der Waals surface area (Å²) in [5, 5.41) is 10.2. The number of phenols is 1. The van der Waals surface area contributed by atoms with E-state index in [1.165, 1.54) is 0 Å². The van der Waals surface area contributed by atoms with Crippen LogP contribution in [-0.4, -0.2) is 18.8 Å². The van der Waals surface area contributed by atoms with Crippen LogP contribution >= 0.6 is 0 Å². The van der Waals surface area contributed by atoms with Gasteiger partial charge in [-0.3, -0.25) is 0 Å². The Kier molecular flexibility index (Phi) is 2.58.